The first-order valence-corrected chi connectivity index (χ1v) is 9.98. The molecule has 1 aliphatic rings. The highest BCUT2D eigenvalue weighted by Gasteiger charge is 2.36. The average Bonchev–Trinajstić information content (AvgIpc) is 2.48. The fourth-order valence-corrected chi connectivity index (χ4v) is 3.98. The Morgan fingerprint density at radius 1 is 1.13 bits per heavy atom. The van der Waals surface area contributed by atoms with E-state index in [0.717, 1.165) is 50.7 Å². The van der Waals surface area contributed by atoms with Crippen LogP contribution in [0.1, 0.15) is 57.4 Å². The van der Waals surface area contributed by atoms with Crippen LogP contribution >= 0.6 is 0 Å². The molecule has 1 atom stereocenters. The SMILES string of the molecule is CCCC1(CCCCCOS(=O)(=O)c2ccc(C)cc2)CCO1. The van der Waals surface area contributed by atoms with Gasteiger partial charge < -0.3 is 4.74 Å². The first-order valence-electron chi connectivity index (χ1n) is 8.57. The summed E-state index contributed by atoms with van der Waals surface area (Å²) in [6, 6.07) is 6.74. The molecule has 0 amide bonds. The minimum atomic E-state index is -3.62. The van der Waals surface area contributed by atoms with E-state index < -0.39 is 10.1 Å². The fourth-order valence-electron chi connectivity index (χ4n) is 3.03. The van der Waals surface area contributed by atoms with Gasteiger partial charge in [0.15, 0.2) is 0 Å². The summed E-state index contributed by atoms with van der Waals surface area (Å²) >= 11 is 0. The van der Waals surface area contributed by atoms with Gasteiger partial charge >= 0.3 is 0 Å². The molecular weight excluding hydrogens is 312 g/mol. The van der Waals surface area contributed by atoms with E-state index in [9.17, 15) is 8.42 Å². The zero-order chi connectivity index (χ0) is 16.8. The Kier molecular flexibility index (Phi) is 6.62. The molecule has 1 heterocycles. The summed E-state index contributed by atoms with van der Waals surface area (Å²) in [7, 11) is -3.62. The predicted octanol–water partition coefficient (Wildman–Crippen LogP) is 4.22. The Morgan fingerprint density at radius 2 is 1.83 bits per heavy atom. The lowest BCUT2D eigenvalue weighted by Gasteiger charge is -2.42. The van der Waals surface area contributed by atoms with E-state index in [0.29, 0.717) is 0 Å². The lowest BCUT2D eigenvalue weighted by molar-refractivity contribution is -0.156. The molecule has 0 saturated carbocycles. The van der Waals surface area contributed by atoms with Crippen LogP contribution in [-0.4, -0.2) is 27.2 Å². The van der Waals surface area contributed by atoms with Gasteiger partial charge in [-0.25, -0.2) is 0 Å². The van der Waals surface area contributed by atoms with Gasteiger partial charge in [0.2, 0.25) is 0 Å². The topological polar surface area (TPSA) is 52.6 Å². The lowest BCUT2D eigenvalue weighted by Crippen LogP contribution is -2.43. The summed E-state index contributed by atoms with van der Waals surface area (Å²) < 4.78 is 34.9. The molecule has 1 fully saturated rings. The molecule has 0 radical (unpaired) electrons. The molecule has 1 saturated heterocycles. The van der Waals surface area contributed by atoms with Crippen molar-refractivity contribution in [1.29, 1.82) is 0 Å². The molecule has 2 rings (SSSR count). The van der Waals surface area contributed by atoms with Gasteiger partial charge in [-0.3, -0.25) is 4.18 Å². The van der Waals surface area contributed by atoms with Crippen molar-refractivity contribution in [1.82, 2.24) is 0 Å². The van der Waals surface area contributed by atoms with Crippen LogP contribution in [0.15, 0.2) is 29.2 Å². The maximum atomic E-state index is 12.0. The van der Waals surface area contributed by atoms with Crippen LogP contribution in [0.4, 0.5) is 0 Å². The Morgan fingerprint density at radius 3 is 2.39 bits per heavy atom. The Labute approximate surface area is 140 Å². The van der Waals surface area contributed by atoms with E-state index in [2.05, 4.69) is 6.92 Å². The zero-order valence-corrected chi connectivity index (χ0v) is 15.0. The molecule has 4 nitrogen and oxygen atoms in total. The highest BCUT2D eigenvalue weighted by molar-refractivity contribution is 7.86. The molecule has 1 unspecified atom stereocenters. The van der Waals surface area contributed by atoms with Crippen molar-refractivity contribution in [3.8, 4) is 0 Å². The summed E-state index contributed by atoms with van der Waals surface area (Å²) in [4.78, 5) is 0.230. The molecule has 0 spiro atoms. The summed E-state index contributed by atoms with van der Waals surface area (Å²) in [6.45, 7) is 5.25. The molecule has 1 aliphatic heterocycles. The van der Waals surface area contributed by atoms with Gasteiger partial charge in [-0.05, 0) is 44.7 Å². The summed E-state index contributed by atoms with van der Waals surface area (Å²) in [5.74, 6) is 0. The van der Waals surface area contributed by atoms with Crippen LogP contribution < -0.4 is 0 Å². The minimum Gasteiger partial charge on any atom is -0.375 e. The summed E-state index contributed by atoms with van der Waals surface area (Å²) in [5.41, 5.74) is 1.15. The molecule has 0 aliphatic carbocycles. The first-order chi connectivity index (χ1) is 11.0. The van der Waals surface area contributed by atoms with E-state index in [1.165, 1.54) is 6.42 Å². The second-order valence-corrected chi connectivity index (χ2v) is 8.05. The largest absolute Gasteiger partial charge is 0.375 e. The minimum absolute atomic E-state index is 0.115. The highest BCUT2D eigenvalue weighted by Crippen LogP contribution is 2.36. The summed E-state index contributed by atoms with van der Waals surface area (Å²) in [6.07, 6.45) is 7.31. The van der Waals surface area contributed by atoms with Crippen molar-refractivity contribution in [2.75, 3.05) is 13.2 Å². The smallest absolute Gasteiger partial charge is 0.296 e. The third-order valence-corrected chi connectivity index (χ3v) is 5.82. The van der Waals surface area contributed by atoms with Crippen molar-refractivity contribution < 1.29 is 17.3 Å². The lowest BCUT2D eigenvalue weighted by atomic mass is 9.84. The zero-order valence-electron chi connectivity index (χ0n) is 14.2. The monoisotopic (exact) mass is 340 g/mol. The van der Waals surface area contributed by atoms with Crippen molar-refractivity contribution in [3.05, 3.63) is 29.8 Å². The number of aryl methyl sites for hydroxylation is 1. The molecule has 23 heavy (non-hydrogen) atoms. The van der Waals surface area contributed by atoms with Gasteiger partial charge in [-0.1, -0.05) is 43.9 Å². The third-order valence-electron chi connectivity index (χ3n) is 4.50. The quantitative estimate of drug-likeness (QED) is 0.473. The first kappa shape index (κ1) is 18.4. The fraction of sp³-hybridized carbons (Fsp3) is 0.667. The van der Waals surface area contributed by atoms with Crippen LogP contribution in [0.3, 0.4) is 0 Å². The van der Waals surface area contributed by atoms with Gasteiger partial charge in [0, 0.05) is 0 Å². The predicted molar refractivity (Wildman–Crippen MR) is 91.0 cm³/mol. The number of unbranched alkanes of at least 4 members (excludes halogenated alkanes) is 2. The van der Waals surface area contributed by atoms with E-state index in [-0.39, 0.29) is 17.1 Å². The van der Waals surface area contributed by atoms with Crippen molar-refractivity contribution in [3.63, 3.8) is 0 Å². The molecule has 1 aromatic rings. The van der Waals surface area contributed by atoms with Crippen molar-refractivity contribution in [2.24, 2.45) is 0 Å². The Hall–Kier alpha value is -0.910. The van der Waals surface area contributed by atoms with Crippen molar-refractivity contribution >= 4 is 10.1 Å². The van der Waals surface area contributed by atoms with Crippen LogP contribution in [0.2, 0.25) is 0 Å². The van der Waals surface area contributed by atoms with Crippen molar-refractivity contribution in [2.45, 2.75) is 69.3 Å². The van der Waals surface area contributed by atoms with Gasteiger partial charge in [0.1, 0.15) is 0 Å². The number of hydrogen-bond acceptors (Lipinski definition) is 4. The summed E-state index contributed by atoms with van der Waals surface area (Å²) in [5, 5.41) is 0. The molecule has 0 aromatic heterocycles. The van der Waals surface area contributed by atoms with Gasteiger partial charge in [-0.2, -0.15) is 8.42 Å². The van der Waals surface area contributed by atoms with Crippen LogP contribution in [0.25, 0.3) is 0 Å². The van der Waals surface area contributed by atoms with Crippen LogP contribution in [0.5, 0.6) is 0 Å². The van der Waals surface area contributed by atoms with Gasteiger partial charge in [0.05, 0.1) is 23.7 Å². The van der Waals surface area contributed by atoms with E-state index >= 15 is 0 Å². The average molecular weight is 340 g/mol. The normalized spacial score (nSPS) is 21.1. The molecule has 5 heteroatoms. The van der Waals surface area contributed by atoms with Crippen LogP contribution in [-0.2, 0) is 19.0 Å². The molecular formula is C18H28O4S. The maximum absolute atomic E-state index is 12.0. The third kappa shape index (κ3) is 5.30. The van der Waals surface area contributed by atoms with E-state index in [1.54, 1.807) is 24.3 Å². The standard InChI is InChI=1S/C18H28O4S/c1-3-11-18(13-15-21-18)12-5-4-6-14-22-23(19,20)17-9-7-16(2)8-10-17/h7-10H,3-6,11-15H2,1-2H3. The molecule has 130 valence electrons. The second kappa shape index (κ2) is 8.27. The molecule has 0 N–H and O–H groups in total. The number of rotatable bonds is 10. The Bertz CT molecular complexity index is 574. The van der Waals surface area contributed by atoms with Crippen LogP contribution in [0, 0.1) is 6.92 Å². The molecule has 0 bridgehead atoms. The number of hydrogen-bond donors (Lipinski definition) is 0. The van der Waals surface area contributed by atoms with Gasteiger partial charge in [-0.15, -0.1) is 0 Å². The number of benzene rings is 1. The number of ether oxygens (including phenoxy) is 1. The second-order valence-electron chi connectivity index (χ2n) is 6.43. The van der Waals surface area contributed by atoms with E-state index in [4.69, 9.17) is 8.92 Å². The highest BCUT2D eigenvalue weighted by atomic mass is 32.2. The maximum Gasteiger partial charge on any atom is 0.296 e. The van der Waals surface area contributed by atoms with E-state index in [1.807, 2.05) is 6.92 Å². The Balaban J connectivity index is 1.66. The van der Waals surface area contributed by atoms with Gasteiger partial charge in [0.25, 0.3) is 10.1 Å². The molecule has 1 aromatic carbocycles.